The molecule has 0 amide bonds. The number of hydrogen-bond donors (Lipinski definition) is 0. The summed E-state index contributed by atoms with van der Waals surface area (Å²) in [6.07, 6.45) is 1.39. The molecule has 0 aromatic carbocycles. The highest BCUT2D eigenvalue weighted by molar-refractivity contribution is 9.09. The Kier molecular flexibility index (Phi) is 6.71. The van der Waals surface area contributed by atoms with E-state index in [0.29, 0.717) is 12.3 Å². The number of alkyl halides is 1. The van der Waals surface area contributed by atoms with E-state index >= 15 is 0 Å². The Morgan fingerprint density at radius 3 is 2.36 bits per heavy atom. The van der Waals surface area contributed by atoms with Crippen LogP contribution in [0.3, 0.4) is 0 Å². The highest BCUT2D eigenvalue weighted by Crippen LogP contribution is 2.22. The Labute approximate surface area is 94.5 Å². The molecular weight excluding hydrogens is 267 g/mol. The molecule has 0 N–H and O–H groups in total. The summed E-state index contributed by atoms with van der Waals surface area (Å²) in [5.41, 5.74) is -0.442. The van der Waals surface area contributed by atoms with Crippen molar-refractivity contribution in [1.29, 1.82) is 0 Å². The number of halogens is 1. The summed E-state index contributed by atoms with van der Waals surface area (Å²) < 4.78 is 16.4. The molecule has 14 heavy (non-hydrogen) atoms. The van der Waals surface area contributed by atoms with Crippen molar-refractivity contribution in [3.8, 4) is 0 Å². The first kappa shape index (κ1) is 14.2. The Balaban J connectivity index is 3.70. The fraction of sp³-hybridized carbons (Fsp3) is 0.889. The molecule has 0 aliphatic carbocycles. The predicted molar refractivity (Wildman–Crippen MR) is 63.0 cm³/mol. The van der Waals surface area contributed by atoms with Crippen molar-refractivity contribution in [2.24, 2.45) is 0 Å². The number of carbonyl (C=O) groups excluding carboxylic acids is 1. The molecule has 0 heterocycles. The minimum Gasteiger partial charge on any atom is -0.460 e. The van der Waals surface area contributed by atoms with E-state index in [2.05, 4.69) is 15.9 Å². The maximum Gasteiger partial charge on any atom is 0.306 e. The van der Waals surface area contributed by atoms with Gasteiger partial charge in [0.25, 0.3) is 0 Å². The lowest BCUT2D eigenvalue weighted by molar-refractivity contribution is -0.154. The average molecular weight is 285 g/mol. The number of carbonyl (C=O) groups is 1. The zero-order valence-electron chi connectivity index (χ0n) is 8.93. The Bertz CT molecular complexity index is 211. The zero-order chi connectivity index (χ0) is 11.2. The molecule has 0 fully saturated rings. The number of esters is 1. The van der Waals surface area contributed by atoms with Crippen molar-refractivity contribution in [3.63, 3.8) is 0 Å². The van der Waals surface area contributed by atoms with Crippen LogP contribution in [-0.4, -0.2) is 29.2 Å². The summed E-state index contributed by atoms with van der Waals surface area (Å²) in [5.74, 6) is -0.259. The highest BCUT2D eigenvalue weighted by Gasteiger charge is 2.16. The molecule has 0 saturated carbocycles. The van der Waals surface area contributed by atoms with E-state index in [1.165, 1.54) is 0 Å². The van der Waals surface area contributed by atoms with Gasteiger partial charge >= 0.3 is 5.97 Å². The maximum atomic E-state index is 11.3. The molecule has 5 heteroatoms. The van der Waals surface area contributed by atoms with Gasteiger partial charge < -0.3 is 9.30 Å². The van der Waals surface area contributed by atoms with Crippen molar-refractivity contribution in [1.82, 2.24) is 0 Å². The Morgan fingerprint density at radius 1 is 1.36 bits per heavy atom. The molecule has 0 aliphatic rings. The van der Waals surface area contributed by atoms with Crippen LogP contribution in [0.25, 0.3) is 0 Å². The van der Waals surface area contributed by atoms with Gasteiger partial charge in [0.05, 0.1) is 14.2 Å². The van der Waals surface area contributed by atoms with Gasteiger partial charge in [0.1, 0.15) is 5.60 Å². The molecule has 1 atom stereocenters. The van der Waals surface area contributed by atoms with Gasteiger partial charge in [0.15, 0.2) is 0 Å². The second kappa shape index (κ2) is 6.62. The van der Waals surface area contributed by atoms with E-state index in [4.69, 9.17) is 4.74 Å². The molecule has 3 nitrogen and oxygen atoms in total. The smallest absolute Gasteiger partial charge is 0.306 e. The largest absolute Gasteiger partial charge is 0.460 e. The van der Waals surface area contributed by atoms with Gasteiger partial charge in [-0.25, -0.2) is 0 Å². The molecule has 1 unspecified atom stereocenters. The van der Waals surface area contributed by atoms with E-state index in [1.54, 1.807) is 0 Å². The second-order valence-electron chi connectivity index (χ2n) is 4.06. The maximum absolute atomic E-state index is 11.3. The summed E-state index contributed by atoms with van der Waals surface area (Å²) in [5, 5.41) is 0.735. The topological polar surface area (TPSA) is 43.4 Å². The van der Waals surface area contributed by atoms with Crippen LogP contribution in [0.4, 0.5) is 0 Å². The molecule has 0 radical (unpaired) electrons. The minimum absolute atomic E-state index is 0.259. The van der Waals surface area contributed by atoms with Gasteiger partial charge in [-0.3, -0.25) is 4.79 Å². The Hall–Kier alpha value is 0.180. The van der Waals surface area contributed by atoms with Crippen molar-refractivity contribution < 1.29 is 14.1 Å². The first-order valence-corrected chi connectivity index (χ1v) is 7.59. The summed E-state index contributed by atoms with van der Waals surface area (Å²) in [6, 6.07) is 0. The van der Waals surface area contributed by atoms with Crippen molar-refractivity contribution in [2.45, 2.75) is 32.8 Å². The van der Waals surface area contributed by atoms with Crippen LogP contribution < -0.4 is 0 Å². The molecule has 0 bridgehead atoms. The molecule has 0 rings (SSSR count). The molecule has 0 aromatic heterocycles. The summed E-state index contributed by atoms with van der Waals surface area (Å²) >= 11 is 3.22. The molecule has 0 aliphatic heterocycles. The number of hydrogen-bond acceptors (Lipinski definition) is 3. The minimum atomic E-state index is -1.59. The molecule has 0 aromatic rings. The van der Waals surface area contributed by atoms with Crippen molar-refractivity contribution in [3.05, 3.63) is 0 Å². The van der Waals surface area contributed by atoms with Crippen LogP contribution in [0.2, 0.25) is 0 Å². The van der Waals surface area contributed by atoms with Crippen LogP contribution in [0.15, 0.2) is 0 Å². The molecule has 84 valence electrons. The monoisotopic (exact) mass is 284 g/mol. The van der Waals surface area contributed by atoms with Crippen LogP contribution in [0, 0.1) is 0 Å². The van der Waals surface area contributed by atoms with Crippen molar-refractivity contribution in [2.75, 3.05) is 17.7 Å². The van der Waals surface area contributed by atoms with E-state index in [-0.39, 0.29) is 12.4 Å². The normalized spacial score (nSPS) is 13.7. The van der Waals surface area contributed by atoms with Gasteiger partial charge in [0, 0.05) is 17.7 Å². The average Bonchev–Trinajstić information content (AvgIpc) is 1.98. The Morgan fingerprint density at radius 2 is 1.93 bits per heavy atom. The third-order valence-corrected chi connectivity index (χ3v) is 4.15. The van der Waals surface area contributed by atoms with Gasteiger partial charge in [0.2, 0.25) is 0 Å². The standard InChI is InChI=1S/C9H18BrO3P/c1-9(2,3)13-8(11)4-6-14(12)7-5-10/h14H,4-7H2,1-3H3. The quantitative estimate of drug-likeness (QED) is 0.443. The number of ether oxygens (including phenoxy) is 1. The van der Waals surface area contributed by atoms with E-state index in [1.807, 2.05) is 20.8 Å². The van der Waals surface area contributed by atoms with E-state index in [0.717, 1.165) is 5.33 Å². The molecule has 0 saturated heterocycles. The van der Waals surface area contributed by atoms with Crippen LogP contribution in [0.5, 0.6) is 0 Å². The van der Waals surface area contributed by atoms with Crippen LogP contribution in [-0.2, 0) is 14.1 Å². The lowest BCUT2D eigenvalue weighted by Gasteiger charge is -2.19. The second-order valence-corrected chi connectivity index (χ2v) is 6.93. The first-order chi connectivity index (χ1) is 6.35. The predicted octanol–water partition coefficient (Wildman–Crippen LogP) is 2.67. The summed E-state index contributed by atoms with van der Waals surface area (Å²) in [7, 11) is -1.59. The summed E-state index contributed by atoms with van der Waals surface area (Å²) in [4.78, 5) is 11.2. The van der Waals surface area contributed by atoms with Gasteiger partial charge in [-0.15, -0.1) is 0 Å². The van der Waals surface area contributed by atoms with Crippen molar-refractivity contribution >= 4 is 29.7 Å². The zero-order valence-corrected chi connectivity index (χ0v) is 11.5. The van der Waals surface area contributed by atoms with Crippen LogP contribution in [0.1, 0.15) is 27.2 Å². The van der Waals surface area contributed by atoms with Crippen LogP contribution >= 0.6 is 23.7 Å². The third-order valence-electron chi connectivity index (χ3n) is 1.40. The molecule has 0 spiro atoms. The lowest BCUT2D eigenvalue weighted by atomic mass is 10.2. The van der Waals surface area contributed by atoms with E-state index in [9.17, 15) is 9.36 Å². The first-order valence-electron chi connectivity index (χ1n) is 4.64. The lowest BCUT2D eigenvalue weighted by Crippen LogP contribution is -2.24. The third kappa shape index (κ3) is 8.76. The van der Waals surface area contributed by atoms with E-state index < -0.39 is 13.4 Å². The summed E-state index contributed by atoms with van der Waals surface area (Å²) in [6.45, 7) is 5.48. The van der Waals surface area contributed by atoms with Gasteiger partial charge in [-0.1, -0.05) is 15.9 Å². The number of rotatable bonds is 5. The van der Waals surface area contributed by atoms with Gasteiger partial charge in [-0.2, -0.15) is 0 Å². The fourth-order valence-electron chi connectivity index (χ4n) is 0.864. The fourth-order valence-corrected chi connectivity index (χ4v) is 3.13. The SMILES string of the molecule is CC(C)(C)OC(=O)CC[PH](=O)CCBr. The van der Waals surface area contributed by atoms with Gasteiger partial charge in [-0.05, 0) is 20.8 Å². The molecular formula is C9H18BrO3P. The highest BCUT2D eigenvalue weighted by atomic mass is 79.9.